The van der Waals surface area contributed by atoms with Crippen LogP contribution in [0.1, 0.15) is 76.9 Å². The third-order valence-electron chi connectivity index (χ3n) is 5.21. The summed E-state index contributed by atoms with van der Waals surface area (Å²) in [7, 11) is 0. The van der Waals surface area contributed by atoms with Crippen LogP contribution in [0.4, 0.5) is 0 Å². The Morgan fingerprint density at radius 3 is 2.43 bits per heavy atom. The summed E-state index contributed by atoms with van der Waals surface area (Å²) in [6, 6.07) is 0. The van der Waals surface area contributed by atoms with Crippen LogP contribution in [0.25, 0.3) is 0 Å². The Labute approximate surface area is 128 Å². The highest BCUT2D eigenvalue weighted by atomic mass is 16.5. The fourth-order valence-corrected chi connectivity index (χ4v) is 3.43. The van der Waals surface area contributed by atoms with Gasteiger partial charge >= 0.3 is 0 Å². The molecule has 0 spiro atoms. The van der Waals surface area contributed by atoms with E-state index in [2.05, 4.69) is 36.2 Å². The van der Waals surface area contributed by atoms with Gasteiger partial charge in [-0.1, -0.05) is 25.9 Å². The van der Waals surface area contributed by atoms with Crippen molar-refractivity contribution in [3.8, 4) is 0 Å². The first-order chi connectivity index (χ1) is 10.0. The molecule has 4 nitrogen and oxygen atoms in total. The standard InChI is InChI=1S/C17H29N3O/c1-17(2,3)14-8-6-13(7-9-14)16-19-15(21-20-16)11-18-10-12-4-5-12/h12-14,18H,4-11H2,1-3H3. The summed E-state index contributed by atoms with van der Waals surface area (Å²) in [5, 5.41) is 7.62. The largest absolute Gasteiger partial charge is 0.338 e. The first-order valence-corrected chi connectivity index (χ1v) is 8.55. The van der Waals surface area contributed by atoms with Crippen molar-refractivity contribution in [1.82, 2.24) is 15.5 Å². The van der Waals surface area contributed by atoms with E-state index < -0.39 is 0 Å². The molecule has 0 atom stereocenters. The molecule has 2 aliphatic rings. The van der Waals surface area contributed by atoms with Crippen LogP contribution in [-0.4, -0.2) is 16.7 Å². The average molecular weight is 291 g/mol. The summed E-state index contributed by atoms with van der Waals surface area (Å²) in [4.78, 5) is 4.60. The number of hydrogen-bond acceptors (Lipinski definition) is 4. The van der Waals surface area contributed by atoms with E-state index >= 15 is 0 Å². The lowest BCUT2D eigenvalue weighted by atomic mass is 9.70. The molecule has 1 aromatic rings. The highest BCUT2D eigenvalue weighted by molar-refractivity contribution is 4.98. The van der Waals surface area contributed by atoms with E-state index in [9.17, 15) is 0 Å². The van der Waals surface area contributed by atoms with Crippen LogP contribution >= 0.6 is 0 Å². The van der Waals surface area contributed by atoms with Crippen LogP contribution in [-0.2, 0) is 6.54 Å². The molecular formula is C17H29N3O. The fourth-order valence-electron chi connectivity index (χ4n) is 3.43. The molecule has 2 aliphatic carbocycles. The van der Waals surface area contributed by atoms with Gasteiger partial charge in [-0.15, -0.1) is 0 Å². The van der Waals surface area contributed by atoms with Gasteiger partial charge in [0.1, 0.15) is 0 Å². The van der Waals surface area contributed by atoms with Gasteiger partial charge in [-0.05, 0) is 62.3 Å². The molecule has 1 N–H and O–H groups in total. The summed E-state index contributed by atoms with van der Waals surface area (Å²) in [5.41, 5.74) is 0.431. The van der Waals surface area contributed by atoms with Gasteiger partial charge in [0, 0.05) is 5.92 Å². The molecule has 0 aliphatic heterocycles. The second kappa shape index (κ2) is 6.07. The zero-order valence-corrected chi connectivity index (χ0v) is 13.7. The van der Waals surface area contributed by atoms with Crippen molar-refractivity contribution in [2.75, 3.05) is 6.54 Å². The molecule has 0 unspecified atom stereocenters. The maximum atomic E-state index is 5.39. The van der Waals surface area contributed by atoms with Gasteiger partial charge in [-0.2, -0.15) is 4.98 Å². The Morgan fingerprint density at radius 1 is 1.10 bits per heavy atom. The maximum absolute atomic E-state index is 5.39. The number of nitrogens with zero attached hydrogens (tertiary/aromatic N) is 2. The minimum Gasteiger partial charge on any atom is -0.338 e. The summed E-state index contributed by atoms with van der Waals surface area (Å²) >= 11 is 0. The monoisotopic (exact) mass is 291 g/mol. The zero-order chi connectivity index (χ0) is 14.9. The van der Waals surface area contributed by atoms with Crippen molar-refractivity contribution in [3.63, 3.8) is 0 Å². The van der Waals surface area contributed by atoms with Gasteiger partial charge in [-0.3, -0.25) is 0 Å². The van der Waals surface area contributed by atoms with Crippen molar-refractivity contribution < 1.29 is 4.52 Å². The molecule has 2 fully saturated rings. The summed E-state index contributed by atoms with van der Waals surface area (Å²) in [6.07, 6.45) is 7.74. The topological polar surface area (TPSA) is 51.0 Å². The van der Waals surface area contributed by atoms with Gasteiger partial charge in [0.05, 0.1) is 6.54 Å². The van der Waals surface area contributed by atoms with Crippen LogP contribution in [0.2, 0.25) is 0 Å². The van der Waals surface area contributed by atoms with Gasteiger partial charge in [0.15, 0.2) is 5.82 Å². The van der Waals surface area contributed by atoms with Gasteiger partial charge in [-0.25, -0.2) is 0 Å². The Bertz CT molecular complexity index is 451. The van der Waals surface area contributed by atoms with Crippen LogP contribution in [0.15, 0.2) is 4.52 Å². The van der Waals surface area contributed by atoms with E-state index in [0.717, 1.165) is 36.6 Å². The van der Waals surface area contributed by atoms with Crippen LogP contribution in [0.3, 0.4) is 0 Å². The van der Waals surface area contributed by atoms with Gasteiger partial charge in [0.2, 0.25) is 5.89 Å². The van der Waals surface area contributed by atoms with Crippen molar-refractivity contribution in [1.29, 1.82) is 0 Å². The first kappa shape index (κ1) is 15.0. The third kappa shape index (κ3) is 4.06. The summed E-state index contributed by atoms with van der Waals surface area (Å²) in [6.45, 7) is 8.89. The van der Waals surface area contributed by atoms with Crippen LogP contribution in [0.5, 0.6) is 0 Å². The second-order valence-electron chi connectivity index (χ2n) is 8.04. The normalized spacial score (nSPS) is 27.0. The lowest BCUT2D eigenvalue weighted by Crippen LogP contribution is -2.25. The van der Waals surface area contributed by atoms with E-state index in [0.29, 0.717) is 11.3 Å². The number of aromatic nitrogens is 2. The molecule has 3 rings (SSSR count). The van der Waals surface area contributed by atoms with Crippen LogP contribution in [0, 0.1) is 17.3 Å². The van der Waals surface area contributed by atoms with E-state index in [1.54, 1.807) is 0 Å². The summed E-state index contributed by atoms with van der Waals surface area (Å²) < 4.78 is 5.39. The first-order valence-electron chi connectivity index (χ1n) is 8.55. The average Bonchev–Trinajstić information content (AvgIpc) is 3.14. The minimum atomic E-state index is 0.431. The van der Waals surface area contributed by atoms with Crippen molar-refractivity contribution in [2.24, 2.45) is 17.3 Å². The van der Waals surface area contributed by atoms with E-state index in [1.807, 2.05) is 0 Å². The van der Waals surface area contributed by atoms with Crippen LogP contribution < -0.4 is 5.32 Å². The molecule has 4 heteroatoms. The summed E-state index contributed by atoms with van der Waals surface area (Å²) in [5.74, 6) is 3.92. The predicted molar refractivity (Wildman–Crippen MR) is 82.9 cm³/mol. The minimum absolute atomic E-state index is 0.431. The molecule has 21 heavy (non-hydrogen) atoms. The third-order valence-corrected chi connectivity index (χ3v) is 5.21. The SMILES string of the molecule is CC(C)(C)C1CCC(c2noc(CNCC3CC3)n2)CC1. The molecule has 0 aromatic carbocycles. The number of rotatable bonds is 5. The molecule has 1 heterocycles. The predicted octanol–water partition coefficient (Wildman–Crippen LogP) is 3.89. The van der Waals surface area contributed by atoms with Gasteiger partial charge < -0.3 is 9.84 Å². The molecule has 0 amide bonds. The Kier molecular flexibility index (Phi) is 4.34. The number of nitrogens with one attached hydrogen (secondary N) is 1. The molecule has 0 radical (unpaired) electrons. The highest BCUT2D eigenvalue weighted by Gasteiger charge is 2.32. The van der Waals surface area contributed by atoms with Crippen molar-refractivity contribution in [3.05, 3.63) is 11.7 Å². The molecule has 0 bridgehead atoms. The highest BCUT2D eigenvalue weighted by Crippen LogP contribution is 2.42. The van der Waals surface area contributed by atoms with Crippen molar-refractivity contribution >= 4 is 0 Å². The molecular weight excluding hydrogens is 262 g/mol. The second-order valence-corrected chi connectivity index (χ2v) is 8.04. The molecule has 0 saturated heterocycles. The molecule has 118 valence electrons. The maximum Gasteiger partial charge on any atom is 0.240 e. The van der Waals surface area contributed by atoms with E-state index in [1.165, 1.54) is 38.5 Å². The lowest BCUT2D eigenvalue weighted by Gasteiger charge is -2.36. The Morgan fingerprint density at radius 2 is 1.81 bits per heavy atom. The smallest absolute Gasteiger partial charge is 0.240 e. The lowest BCUT2D eigenvalue weighted by molar-refractivity contribution is 0.166. The fraction of sp³-hybridized carbons (Fsp3) is 0.882. The zero-order valence-electron chi connectivity index (χ0n) is 13.7. The van der Waals surface area contributed by atoms with Gasteiger partial charge in [0.25, 0.3) is 0 Å². The van der Waals surface area contributed by atoms with E-state index in [4.69, 9.17) is 4.52 Å². The Balaban J connectivity index is 1.47. The van der Waals surface area contributed by atoms with Crippen molar-refractivity contribution in [2.45, 2.75) is 71.8 Å². The van der Waals surface area contributed by atoms with E-state index in [-0.39, 0.29) is 0 Å². The molecule has 2 saturated carbocycles. The Hall–Kier alpha value is -0.900. The molecule has 1 aromatic heterocycles. The number of hydrogen-bond donors (Lipinski definition) is 1. The quantitative estimate of drug-likeness (QED) is 0.894.